The van der Waals surface area contributed by atoms with Crippen molar-refractivity contribution < 1.29 is 24.3 Å². The zero-order valence-corrected chi connectivity index (χ0v) is 23.8. The summed E-state index contributed by atoms with van der Waals surface area (Å²) < 4.78 is 0.705. The summed E-state index contributed by atoms with van der Waals surface area (Å²) in [4.78, 5) is 49.1. The highest BCUT2D eigenvalue weighted by atomic mass is 32.2. The summed E-state index contributed by atoms with van der Waals surface area (Å²) in [7, 11) is 0. The smallest absolute Gasteiger partial charge is 0.352 e. The van der Waals surface area contributed by atoms with Gasteiger partial charge in [-0.1, -0.05) is 64.7 Å². The van der Waals surface area contributed by atoms with Crippen molar-refractivity contribution in [3.63, 3.8) is 0 Å². The second-order valence-corrected chi connectivity index (χ2v) is 12.3. The van der Waals surface area contributed by atoms with Gasteiger partial charge >= 0.3 is 5.97 Å². The van der Waals surface area contributed by atoms with Gasteiger partial charge in [-0.2, -0.15) is 0 Å². The molecule has 2 amide bonds. The molecule has 3 aromatic rings. The Morgan fingerprint density at radius 1 is 1.30 bits per heavy atom. The van der Waals surface area contributed by atoms with Crippen LogP contribution in [0.4, 0.5) is 5.13 Å². The third kappa shape index (κ3) is 6.19. The molecule has 0 saturated carbocycles. The third-order valence-electron chi connectivity index (χ3n) is 5.66. The van der Waals surface area contributed by atoms with Crippen LogP contribution in [0.5, 0.6) is 0 Å². The number of oxime groups is 1. The molecule has 4 N–H and O–H groups in total. The quantitative estimate of drug-likeness (QED) is 0.0951. The number of amides is 2. The fourth-order valence-electron chi connectivity index (χ4n) is 3.87. The van der Waals surface area contributed by atoms with Crippen LogP contribution < -0.4 is 11.1 Å². The number of carboxylic acids is 1. The predicted molar refractivity (Wildman–Crippen MR) is 155 cm³/mol. The van der Waals surface area contributed by atoms with Gasteiger partial charge < -0.3 is 21.0 Å². The molecule has 0 aliphatic carbocycles. The van der Waals surface area contributed by atoms with Gasteiger partial charge in [-0.15, -0.1) is 33.3 Å². The van der Waals surface area contributed by atoms with E-state index in [9.17, 15) is 19.5 Å². The lowest BCUT2D eigenvalue weighted by atomic mass is 10.0. The average molecular weight is 616 g/mol. The molecule has 206 valence electrons. The number of hydrogen-bond acceptors (Lipinski definition) is 13. The van der Waals surface area contributed by atoms with Crippen LogP contribution in [0.2, 0.25) is 0 Å². The minimum absolute atomic E-state index is 0.0639. The number of carboxylic acid groups (broad SMARTS) is 1. The Morgan fingerprint density at radius 3 is 2.83 bits per heavy atom. The summed E-state index contributed by atoms with van der Waals surface area (Å²) in [6.07, 6.45) is 3.60. The van der Waals surface area contributed by atoms with Gasteiger partial charge in [0.1, 0.15) is 34.9 Å². The van der Waals surface area contributed by atoms with E-state index in [4.69, 9.17) is 10.6 Å². The van der Waals surface area contributed by atoms with Crippen LogP contribution in [0.1, 0.15) is 11.3 Å². The SMILES string of the molecule is Nc1nc(C(=NOCC=Cc2ccccc2)C(=O)NC2C(=O)N3C(C(=O)O)=C(CSc4nncs4)CS[C@H]23)cs1. The summed E-state index contributed by atoms with van der Waals surface area (Å²) in [6, 6.07) is 8.67. The van der Waals surface area contributed by atoms with Gasteiger partial charge in [0.25, 0.3) is 11.8 Å². The van der Waals surface area contributed by atoms with Crippen molar-refractivity contribution in [1.29, 1.82) is 0 Å². The van der Waals surface area contributed by atoms with Gasteiger partial charge in [-0.05, 0) is 17.2 Å². The zero-order chi connectivity index (χ0) is 28.1. The lowest BCUT2D eigenvalue weighted by Crippen LogP contribution is -2.71. The van der Waals surface area contributed by atoms with Crippen molar-refractivity contribution in [2.45, 2.75) is 15.8 Å². The van der Waals surface area contributed by atoms with Gasteiger partial charge in [0.15, 0.2) is 15.2 Å². The highest BCUT2D eigenvalue weighted by molar-refractivity contribution is 8.01. The molecule has 2 atom stereocenters. The molecule has 12 nitrogen and oxygen atoms in total. The van der Waals surface area contributed by atoms with Crippen LogP contribution in [-0.2, 0) is 19.2 Å². The van der Waals surface area contributed by atoms with E-state index in [-0.39, 0.29) is 28.8 Å². The van der Waals surface area contributed by atoms with Crippen LogP contribution in [0.25, 0.3) is 6.08 Å². The van der Waals surface area contributed by atoms with Crippen LogP contribution in [-0.4, -0.2) is 78.2 Å². The van der Waals surface area contributed by atoms with Crippen molar-refractivity contribution in [3.05, 3.63) is 69.8 Å². The summed E-state index contributed by atoms with van der Waals surface area (Å²) in [6.45, 7) is 0.0878. The lowest BCUT2D eigenvalue weighted by Gasteiger charge is -2.49. The van der Waals surface area contributed by atoms with Crippen molar-refractivity contribution in [3.8, 4) is 0 Å². The van der Waals surface area contributed by atoms with E-state index in [1.807, 2.05) is 36.4 Å². The van der Waals surface area contributed by atoms with E-state index in [2.05, 4.69) is 25.7 Å². The van der Waals surface area contributed by atoms with Crippen LogP contribution >= 0.6 is 46.2 Å². The predicted octanol–water partition coefficient (Wildman–Crippen LogP) is 2.54. The first kappa shape index (κ1) is 27.8. The molecule has 1 fully saturated rings. The number of rotatable bonds is 11. The molecule has 0 spiro atoms. The van der Waals surface area contributed by atoms with Gasteiger partial charge in [-0.3, -0.25) is 14.5 Å². The molecule has 1 saturated heterocycles. The maximum absolute atomic E-state index is 13.2. The van der Waals surface area contributed by atoms with Gasteiger partial charge in [0.2, 0.25) is 0 Å². The minimum atomic E-state index is -1.20. The first-order chi connectivity index (χ1) is 19.4. The standard InChI is InChI=1S/C24H21N7O5S4/c25-23-27-15(11-38-23)16(30-36-8-4-7-13-5-2-1-3-6-13)19(32)28-17-20(33)31-18(22(34)35)14(9-37-21(17)31)10-39-24-29-26-12-40-24/h1-7,11-12,17,21H,8-10H2,(H2,25,27)(H,28,32)(H,34,35)/t17?,21-/m1/s1. The van der Waals surface area contributed by atoms with Crippen molar-refractivity contribution in [2.75, 3.05) is 23.8 Å². The molecule has 2 aromatic heterocycles. The summed E-state index contributed by atoms with van der Waals surface area (Å²) in [5, 5.41) is 25.5. The second-order valence-electron chi connectivity index (χ2n) is 8.23. The van der Waals surface area contributed by atoms with E-state index in [1.165, 1.54) is 39.8 Å². The Labute approximate surface area is 244 Å². The topological polar surface area (TPSA) is 173 Å². The number of thiazole rings is 1. The number of carbonyl (C=O) groups is 3. The fraction of sp³-hybridized carbons (Fsp3) is 0.208. The van der Waals surface area contributed by atoms with Crippen molar-refractivity contribution in [2.24, 2.45) is 5.16 Å². The van der Waals surface area contributed by atoms with Gasteiger partial charge in [0, 0.05) is 16.9 Å². The number of nitrogens with two attached hydrogens (primary N) is 1. The molecule has 4 heterocycles. The number of anilines is 1. The minimum Gasteiger partial charge on any atom is -0.477 e. The molecule has 2 aliphatic heterocycles. The summed E-state index contributed by atoms with van der Waals surface area (Å²) >= 11 is 5.22. The van der Waals surface area contributed by atoms with E-state index in [1.54, 1.807) is 17.0 Å². The summed E-state index contributed by atoms with van der Waals surface area (Å²) in [5.41, 5.74) is 8.93. The number of β-lactam (4-membered cyclic amide) rings is 1. The average Bonchev–Trinajstić information content (AvgIpc) is 3.64. The number of fused-ring (bicyclic) bond motifs is 1. The second kappa shape index (κ2) is 12.6. The Bertz CT molecular complexity index is 1490. The number of thioether (sulfide) groups is 2. The number of hydrogen-bond donors (Lipinski definition) is 3. The number of carbonyl (C=O) groups excluding carboxylic acids is 2. The van der Waals surface area contributed by atoms with E-state index >= 15 is 0 Å². The Balaban J connectivity index is 1.26. The molecular weight excluding hydrogens is 595 g/mol. The normalized spacial score (nSPS) is 18.9. The van der Waals surface area contributed by atoms with Crippen LogP contribution in [0.15, 0.2) is 68.1 Å². The van der Waals surface area contributed by atoms with E-state index in [0.717, 1.165) is 16.9 Å². The third-order valence-corrected chi connectivity index (χ3v) is 9.62. The molecule has 16 heteroatoms. The van der Waals surface area contributed by atoms with Crippen LogP contribution in [0.3, 0.4) is 0 Å². The number of nitrogen functional groups attached to an aromatic ring is 1. The number of nitrogens with zero attached hydrogens (tertiary/aromatic N) is 5. The first-order valence-corrected chi connectivity index (χ1v) is 15.4. The molecule has 1 unspecified atom stereocenters. The maximum atomic E-state index is 13.2. The number of aliphatic carboxylic acids is 1. The first-order valence-electron chi connectivity index (χ1n) is 11.6. The Hall–Kier alpha value is -3.73. The Kier molecular flexibility index (Phi) is 8.78. The molecule has 5 rings (SSSR count). The monoisotopic (exact) mass is 615 g/mol. The van der Waals surface area contributed by atoms with Gasteiger partial charge in [-0.25, -0.2) is 9.78 Å². The maximum Gasteiger partial charge on any atom is 0.352 e. The largest absolute Gasteiger partial charge is 0.477 e. The number of aromatic nitrogens is 3. The Morgan fingerprint density at radius 2 is 2.12 bits per heavy atom. The molecular formula is C24H21N7O5S4. The molecule has 0 radical (unpaired) electrons. The van der Waals surface area contributed by atoms with Crippen molar-refractivity contribution >= 4 is 80.9 Å². The van der Waals surface area contributed by atoms with Gasteiger partial charge in [0.05, 0.1) is 0 Å². The fourth-order valence-corrected chi connectivity index (χ4v) is 7.39. The molecule has 0 bridgehead atoms. The molecule has 2 aliphatic rings. The highest BCUT2D eigenvalue weighted by Crippen LogP contribution is 2.41. The van der Waals surface area contributed by atoms with Crippen molar-refractivity contribution in [1.82, 2.24) is 25.4 Å². The van der Waals surface area contributed by atoms with E-state index in [0.29, 0.717) is 21.4 Å². The molecule has 40 heavy (non-hydrogen) atoms. The van der Waals surface area contributed by atoms with E-state index < -0.39 is 29.2 Å². The van der Waals surface area contributed by atoms with Crippen LogP contribution in [0, 0.1) is 0 Å². The number of benzene rings is 1. The lowest BCUT2D eigenvalue weighted by molar-refractivity contribution is -0.150. The zero-order valence-electron chi connectivity index (χ0n) is 20.5. The molecule has 1 aromatic carbocycles. The highest BCUT2D eigenvalue weighted by Gasteiger charge is 2.54. The summed E-state index contributed by atoms with van der Waals surface area (Å²) in [5.74, 6) is -1.67. The number of nitrogens with one attached hydrogen (secondary N) is 1.